The Morgan fingerprint density at radius 3 is 2.61 bits per heavy atom. The fourth-order valence-electron chi connectivity index (χ4n) is 5.34. The van der Waals surface area contributed by atoms with Crippen molar-refractivity contribution in [3.63, 3.8) is 0 Å². The topological polar surface area (TPSA) is 68.4 Å². The fraction of sp³-hybridized carbons (Fsp3) is 0.385. The quantitative estimate of drug-likeness (QED) is 0.592. The van der Waals surface area contributed by atoms with Crippen molar-refractivity contribution in [2.45, 2.75) is 38.1 Å². The summed E-state index contributed by atoms with van der Waals surface area (Å²) in [5.41, 5.74) is 2.82. The number of H-pyrrole nitrogens is 1. The number of rotatable bonds is 4. The van der Waals surface area contributed by atoms with Gasteiger partial charge in [0.05, 0.1) is 10.7 Å². The van der Waals surface area contributed by atoms with Crippen LogP contribution in [-0.2, 0) is 4.79 Å². The minimum absolute atomic E-state index is 0.0104. The second kappa shape index (κ2) is 9.20. The lowest BCUT2D eigenvalue weighted by atomic mass is 10.0. The highest BCUT2D eigenvalue weighted by Crippen LogP contribution is 2.34. The summed E-state index contributed by atoms with van der Waals surface area (Å²) in [7, 11) is 0. The second-order valence-electron chi connectivity index (χ2n) is 9.19. The third-order valence-corrected chi connectivity index (χ3v) is 7.33. The summed E-state index contributed by atoms with van der Waals surface area (Å²) in [4.78, 5) is 31.8. The van der Waals surface area contributed by atoms with Crippen LogP contribution < -0.4 is 15.8 Å². The molecule has 0 radical (unpaired) electrons. The predicted molar refractivity (Wildman–Crippen MR) is 134 cm³/mol. The number of carbonyl (C=O) groups excluding carboxylic acids is 1. The van der Waals surface area contributed by atoms with Gasteiger partial charge in [0.15, 0.2) is 0 Å². The number of nitrogens with one attached hydrogen (secondary N) is 2. The smallest absolute Gasteiger partial charge is 0.256 e. The van der Waals surface area contributed by atoms with Gasteiger partial charge >= 0.3 is 0 Å². The third kappa shape index (κ3) is 4.63. The van der Waals surface area contributed by atoms with Gasteiger partial charge in [0.25, 0.3) is 5.56 Å². The number of piperidine rings is 1. The number of anilines is 2. The Balaban J connectivity index is 1.21. The maximum atomic E-state index is 12.5. The number of hydrogen-bond donors (Lipinski definition) is 2. The number of nitrogens with zero attached hydrogens (tertiary/aromatic N) is 2. The van der Waals surface area contributed by atoms with Crippen LogP contribution in [0.1, 0.15) is 37.8 Å². The molecule has 172 valence electrons. The number of carbonyl (C=O) groups is 1. The molecule has 2 saturated heterocycles. The summed E-state index contributed by atoms with van der Waals surface area (Å²) in [6.07, 6.45) is 3.25. The lowest BCUT2D eigenvalue weighted by Crippen LogP contribution is -2.44. The van der Waals surface area contributed by atoms with Crippen LogP contribution in [0.4, 0.5) is 11.4 Å². The van der Waals surface area contributed by atoms with Gasteiger partial charge in [0, 0.05) is 55.3 Å². The molecule has 2 aliphatic rings. The van der Waals surface area contributed by atoms with Gasteiger partial charge in [0.1, 0.15) is 0 Å². The fourth-order valence-corrected chi connectivity index (χ4v) is 5.64. The van der Waals surface area contributed by atoms with Gasteiger partial charge in [0.2, 0.25) is 5.91 Å². The molecule has 2 N–H and O–H groups in total. The van der Waals surface area contributed by atoms with E-state index in [-0.39, 0.29) is 11.5 Å². The van der Waals surface area contributed by atoms with Crippen molar-refractivity contribution in [2.24, 2.45) is 0 Å². The van der Waals surface area contributed by atoms with Crippen molar-refractivity contribution in [3.05, 3.63) is 69.6 Å². The molecule has 0 spiro atoms. The number of aromatic nitrogens is 1. The first-order valence-electron chi connectivity index (χ1n) is 11.7. The predicted octanol–water partition coefficient (Wildman–Crippen LogP) is 4.60. The summed E-state index contributed by atoms with van der Waals surface area (Å²) in [5, 5.41) is 5.22. The number of halogens is 1. The molecule has 1 atom stereocenters. The normalized spacial score (nSPS) is 19.8. The van der Waals surface area contributed by atoms with Crippen LogP contribution in [0, 0.1) is 0 Å². The van der Waals surface area contributed by atoms with Gasteiger partial charge in [-0.25, -0.2) is 0 Å². The van der Waals surface area contributed by atoms with Gasteiger partial charge in [-0.05, 0) is 61.5 Å². The minimum atomic E-state index is -0.101. The van der Waals surface area contributed by atoms with E-state index < -0.39 is 0 Å². The van der Waals surface area contributed by atoms with Crippen LogP contribution in [0.3, 0.4) is 0 Å². The summed E-state index contributed by atoms with van der Waals surface area (Å²) in [5.74, 6) is 0.271. The maximum Gasteiger partial charge on any atom is 0.256 e. The number of hydrogen-bond acceptors (Lipinski definition) is 4. The molecule has 1 amide bonds. The molecular formula is C26H29ClN4O2. The van der Waals surface area contributed by atoms with Crippen LogP contribution in [0.25, 0.3) is 10.8 Å². The monoisotopic (exact) mass is 464 g/mol. The van der Waals surface area contributed by atoms with E-state index in [0.29, 0.717) is 17.0 Å². The van der Waals surface area contributed by atoms with Gasteiger partial charge in [-0.1, -0.05) is 29.8 Å². The van der Waals surface area contributed by atoms with Gasteiger partial charge in [-0.15, -0.1) is 0 Å². The Bertz CT molecular complexity index is 1230. The highest BCUT2D eigenvalue weighted by molar-refractivity contribution is 6.33. The molecule has 1 aromatic heterocycles. The number of pyridine rings is 1. The van der Waals surface area contributed by atoms with E-state index >= 15 is 0 Å². The highest BCUT2D eigenvalue weighted by atomic mass is 35.5. The molecule has 0 aliphatic carbocycles. The van der Waals surface area contributed by atoms with Crippen molar-refractivity contribution >= 4 is 39.7 Å². The molecule has 5 rings (SSSR count). The zero-order valence-corrected chi connectivity index (χ0v) is 19.6. The van der Waals surface area contributed by atoms with Crippen molar-refractivity contribution in [2.75, 3.05) is 36.4 Å². The van der Waals surface area contributed by atoms with Crippen molar-refractivity contribution in [1.29, 1.82) is 0 Å². The van der Waals surface area contributed by atoms with Crippen molar-refractivity contribution in [3.8, 4) is 0 Å². The number of aromatic amines is 1. The van der Waals surface area contributed by atoms with Crippen LogP contribution in [0.15, 0.2) is 53.3 Å². The largest absolute Gasteiger partial charge is 0.370 e. The molecule has 0 saturated carbocycles. The van der Waals surface area contributed by atoms with Crippen LogP contribution in [0.2, 0.25) is 5.02 Å². The summed E-state index contributed by atoms with van der Waals surface area (Å²) in [6.45, 7) is 5.46. The molecule has 0 bridgehead atoms. The minimum Gasteiger partial charge on any atom is -0.370 e. The number of likely N-dealkylation sites (tertiary alicyclic amines) is 1. The summed E-state index contributed by atoms with van der Waals surface area (Å²) < 4.78 is 0. The lowest BCUT2D eigenvalue weighted by molar-refractivity contribution is -0.114. The van der Waals surface area contributed by atoms with Crippen LogP contribution >= 0.6 is 11.6 Å². The van der Waals surface area contributed by atoms with E-state index in [2.05, 4.69) is 26.2 Å². The molecule has 2 aliphatic heterocycles. The van der Waals surface area contributed by atoms with Crippen molar-refractivity contribution < 1.29 is 4.79 Å². The average Bonchev–Trinajstić information content (AvgIpc) is 3.29. The number of amides is 1. The zero-order valence-electron chi connectivity index (χ0n) is 18.8. The van der Waals surface area contributed by atoms with Crippen molar-refractivity contribution in [1.82, 2.24) is 9.88 Å². The molecule has 2 aromatic carbocycles. The Morgan fingerprint density at radius 2 is 1.85 bits per heavy atom. The van der Waals surface area contributed by atoms with E-state index in [9.17, 15) is 9.59 Å². The molecule has 2 fully saturated rings. The molecule has 1 unspecified atom stereocenters. The number of benzene rings is 2. The van der Waals surface area contributed by atoms with Gasteiger partial charge < -0.3 is 15.2 Å². The molecule has 3 aromatic rings. The first-order chi connectivity index (χ1) is 16.0. The summed E-state index contributed by atoms with van der Waals surface area (Å²) >= 11 is 6.52. The summed E-state index contributed by atoms with van der Waals surface area (Å²) in [6, 6.07) is 16.2. The van der Waals surface area contributed by atoms with E-state index in [1.807, 2.05) is 42.5 Å². The Labute approximate surface area is 198 Å². The molecular weight excluding hydrogens is 436 g/mol. The Kier molecular flexibility index (Phi) is 6.13. The van der Waals surface area contributed by atoms with E-state index in [0.717, 1.165) is 73.3 Å². The van der Waals surface area contributed by atoms with Gasteiger partial charge in [-0.2, -0.15) is 0 Å². The van der Waals surface area contributed by atoms with E-state index in [4.69, 9.17) is 11.6 Å². The number of fused-ring (bicyclic) bond motifs is 1. The third-order valence-electron chi connectivity index (χ3n) is 7.02. The van der Waals surface area contributed by atoms with E-state index in [1.54, 1.807) is 0 Å². The zero-order chi connectivity index (χ0) is 22.9. The first-order valence-corrected chi connectivity index (χ1v) is 12.0. The standard InChI is InChI=1S/C26H29ClN4O2/c1-17(32)28-20-6-7-25(23(27)15-20)30-12-9-21(10-13-30)31-11-8-19(16-31)24-14-18-4-2-3-5-22(18)26(33)29-24/h2-7,14-15,19,21H,8-13,16H2,1H3,(H,28,32)(H,29,33). The Hall–Kier alpha value is -2.83. The maximum absolute atomic E-state index is 12.5. The second-order valence-corrected chi connectivity index (χ2v) is 9.59. The highest BCUT2D eigenvalue weighted by Gasteiger charge is 2.32. The van der Waals surface area contributed by atoms with E-state index in [1.165, 1.54) is 6.92 Å². The Morgan fingerprint density at radius 1 is 1.06 bits per heavy atom. The lowest BCUT2D eigenvalue weighted by Gasteiger charge is -2.38. The van der Waals surface area contributed by atoms with Crippen LogP contribution in [-0.4, -0.2) is 48.0 Å². The van der Waals surface area contributed by atoms with Gasteiger partial charge in [-0.3, -0.25) is 14.5 Å². The first kappa shape index (κ1) is 22.0. The average molecular weight is 465 g/mol. The van der Waals surface area contributed by atoms with Crippen LogP contribution in [0.5, 0.6) is 0 Å². The molecule has 6 nitrogen and oxygen atoms in total. The molecule has 33 heavy (non-hydrogen) atoms. The SMILES string of the molecule is CC(=O)Nc1ccc(N2CCC(N3CCC(c4cc5ccccc5c(=O)[nH]4)C3)CC2)c(Cl)c1. The molecule has 3 heterocycles. The molecule has 7 heteroatoms.